The zero-order valence-electron chi connectivity index (χ0n) is 13.2. The van der Waals surface area contributed by atoms with Crippen LogP contribution >= 0.6 is 0 Å². The van der Waals surface area contributed by atoms with E-state index in [1.807, 2.05) is 48.5 Å². The summed E-state index contributed by atoms with van der Waals surface area (Å²) in [6.07, 6.45) is 0. The van der Waals surface area contributed by atoms with Gasteiger partial charge in [-0.2, -0.15) is 0 Å². The van der Waals surface area contributed by atoms with Crippen molar-refractivity contribution in [2.24, 2.45) is 5.18 Å². The van der Waals surface area contributed by atoms with Gasteiger partial charge in [0.1, 0.15) is 11.4 Å². The third kappa shape index (κ3) is 2.64. The number of hydrogen-bond donors (Lipinski definition) is 0. The number of carbonyl (C=O) groups excluding carboxylic acids is 1. The molecular formula is C21H13NO3. The van der Waals surface area contributed by atoms with Gasteiger partial charge in [0.05, 0.1) is 5.56 Å². The van der Waals surface area contributed by atoms with E-state index in [0.717, 1.165) is 10.8 Å². The zero-order chi connectivity index (χ0) is 17.2. The molecule has 0 saturated carbocycles. The number of nitrogens with zero attached hydrogens (tertiary/aromatic N) is 1. The molecule has 0 unspecified atom stereocenters. The maximum absolute atomic E-state index is 12.7. The number of ether oxygens (including phenoxy) is 1. The van der Waals surface area contributed by atoms with Crippen molar-refractivity contribution in [3.8, 4) is 5.75 Å². The average molecular weight is 327 g/mol. The van der Waals surface area contributed by atoms with Crippen molar-refractivity contribution < 1.29 is 9.53 Å². The van der Waals surface area contributed by atoms with Crippen molar-refractivity contribution in [3.05, 3.63) is 89.3 Å². The monoisotopic (exact) mass is 327 g/mol. The van der Waals surface area contributed by atoms with Crippen molar-refractivity contribution >= 4 is 33.2 Å². The SMILES string of the molecule is O=Nc1ccc(OC(=O)c2cccc3ccccc23)c2ccccc12. The topological polar surface area (TPSA) is 55.7 Å². The number of nitroso groups, excluding NO2 is 1. The lowest BCUT2D eigenvalue weighted by molar-refractivity contribution is 0.0739. The van der Waals surface area contributed by atoms with Crippen LogP contribution in [0.4, 0.5) is 5.69 Å². The Balaban J connectivity index is 1.79. The molecule has 0 aromatic heterocycles. The predicted molar refractivity (Wildman–Crippen MR) is 98.3 cm³/mol. The largest absolute Gasteiger partial charge is 0.422 e. The highest BCUT2D eigenvalue weighted by atomic mass is 16.5. The molecule has 0 radical (unpaired) electrons. The maximum Gasteiger partial charge on any atom is 0.344 e. The molecule has 4 rings (SSSR count). The van der Waals surface area contributed by atoms with Gasteiger partial charge in [0.15, 0.2) is 0 Å². The molecule has 0 aliphatic rings. The van der Waals surface area contributed by atoms with Gasteiger partial charge in [-0.1, -0.05) is 60.7 Å². The molecule has 4 aromatic carbocycles. The summed E-state index contributed by atoms with van der Waals surface area (Å²) in [6.45, 7) is 0. The molecule has 4 nitrogen and oxygen atoms in total. The number of hydrogen-bond acceptors (Lipinski definition) is 4. The number of fused-ring (bicyclic) bond motifs is 2. The highest BCUT2D eigenvalue weighted by molar-refractivity contribution is 6.06. The number of carbonyl (C=O) groups is 1. The minimum atomic E-state index is -0.436. The molecular weight excluding hydrogens is 314 g/mol. The molecule has 0 N–H and O–H groups in total. The summed E-state index contributed by atoms with van der Waals surface area (Å²) >= 11 is 0. The lowest BCUT2D eigenvalue weighted by Gasteiger charge is -2.10. The number of rotatable bonds is 3. The van der Waals surface area contributed by atoms with E-state index in [0.29, 0.717) is 27.8 Å². The first kappa shape index (κ1) is 15.0. The molecule has 4 heteroatoms. The van der Waals surface area contributed by atoms with Crippen molar-refractivity contribution in [3.63, 3.8) is 0 Å². The summed E-state index contributed by atoms with van der Waals surface area (Å²) in [5.41, 5.74) is 0.820. The Morgan fingerprint density at radius 1 is 0.720 bits per heavy atom. The van der Waals surface area contributed by atoms with Gasteiger partial charge >= 0.3 is 5.97 Å². The second kappa shape index (κ2) is 6.17. The molecule has 25 heavy (non-hydrogen) atoms. The van der Waals surface area contributed by atoms with E-state index < -0.39 is 5.97 Å². The third-order valence-corrected chi connectivity index (χ3v) is 4.17. The predicted octanol–water partition coefficient (Wildman–Crippen LogP) is 5.61. The summed E-state index contributed by atoms with van der Waals surface area (Å²) in [4.78, 5) is 23.7. The van der Waals surface area contributed by atoms with Crippen molar-refractivity contribution in [2.75, 3.05) is 0 Å². The molecule has 0 heterocycles. The van der Waals surface area contributed by atoms with E-state index in [-0.39, 0.29) is 0 Å². The molecule has 0 fully saturated rings. The van der Waals surface area contributed by atoms with Crippen LogP contribution in [0, 0.1) is 4.91 Å². The second-order valence-corrected chi connectivity index (χ2v) is 5.64. The molecule has 120 valence electrons. The van der Waals surface area contributed by atoms with Crippen LogP contribution in [-0.2, 0) is 0 Å². The normalized spacial score (nSPS) is 10.7. The minimum absolute atomic E-state index is 0.320. The van der Waals surface area contributed by atoms with Gasteiger partial charge in [0.25, 0.3) is 0 Å². The smallest absolute Gasteiger partial charge is 0.344 e. The lowest BCUT2D eigenvalue weighted by atomic mass is 10.0. The van der Waals surface area contributed by atoms with Crippen LogP contribution in [0.2, 0.25) is 0 Å². The summed E-state index contributed by atoms with van der Waals surface area (Å²) < 4.78 is 5.64. The number of esters is 1. The fourth-order valence-corrected chi connectivity index (χ4v) is 2.98. The van der Waals surface area contributed by atoms with E-state index in [4.69, 9.17) is 4.74 Å². The molecule has 0 atom stereocenters. The van der Waals surface area contributed by atoms with Gasteiger partial charge in [-0.05, 0) is 34.1 Å². The molecule has 0 saturated heterocycles. The fraction of sp³-hybridized carbons (Fsp3) is 0. The fourth-order valence-electron chi connectivity index (χ4n) is 2.98. The third-order valence-electron chi connectivity index (χ3n) is 4.17. The Morgan fingerprint density at radius 3 is 2.20 bits per heavy atom. The summed E-state index contributed by atoms with van der Waals surface area (Å²) in [5, 5.41) is 6.17. The summed E-state index contributed by atoms with van der Waals surface area (Å²) in [6, 6.07) is 23.6. The van der Waals surface area contributed by atoms with E-state index >= 15 is 0 Å². The van der Waals surface area contributed by atoms with Crippen LogP contribution in [-0.4, -0.2) is 5.97 Å². The quantitative estimate of drug-likeness (QED) is 0.279. The van der Waals surface area contributed by atoms with Crippen LogP contribution in [0.1, 0.15) is 10.4 Å². The van der Waals surface area contributed by atoms with Crippen LogP contribution in [0.25, 0.3) is 21.5 Å². The van der Waals surface area contributed by atoms with Gasteiger partial charge < -0.3 is 4.74 Å². The van der Waals surface area contributed by atoms with Gasteiger partial charge in [-0.3, -0.25) is 0 Å². The Labute approximate surface area is 143 Å². The summed E-state index contributed by atoms with van der Waals surface area (Å²) in [5.74, 6) is -0.0327. The molecule has 4 aromatic rings. The zero-order valence-corrected chi connectivity index (χ0v) is 13.2. The summed E-state index contributed by atoms with van der Waals surface area (Å²) in [7, 11) is 0. The first-order valence-corrected chi connectivity index (χ1v) is 7.83. The van der Waals surface area contributed by atoms with Crippen LogP contribution < -0.4 is 4.74 Å². The lowest BCUT2D eigenvalue weighted by Crippen LogP contribution is -2.09. The highest BCUT2D eigenvalue weighted by Crippen LogP contribution is 2.33. The van der Waals surface area contributed by atoms with Crippen LogP contribution in [0.5, 0.6) is 5.75 Å². The first-order chi connectivity index (χ1) is 12.3. The Hall–Kier alpha value is -3.53. The molecule has 0 aliphatic heterocycles. The Bertz CT molecular complexity index is 1110. The van der Waals surface area contributed by atoms with E-state index in [2.05, 4.69) is 5.18 Å². The Morgan fingerprint density at radius 2 is 1.40 bits per heavy atom. The highest BCUT2D eigenvalue weighted by Gasteiger charge is 2.15. The molecule has 0 amide bonds. The van der Waals surface area contributed by atoms with E-state index in [9.17, 15) is 9.70 Å². The van der Waals surface area contributed by atoms with Gasteiger partial charge in [0, 0.05) is 10.8 Å². The van der Waals surface area contributed by atoms with E-state index in [1.54, 1.807) is 30.3 Å². The standard InChI is InChI=1S/C21H13NO3/c23-21(18-11-5-7-14-6-1-2-8-15(14)18)25-20-13-12-19(22-24)16-9-3-4-10-17(16)20/h1-13H. The van der Waals surface area contributed by atoms with Crippen molar-refractivity contribution in [2.45, 2.75) is 0 Å². The van der Waals surface area contributed by atoms with E-state index in [1.165, 1.54) is 0 Å². The molecule has 0 bridgehead atoms. The first-order valence-electron chi connectivity index (χ1n) is 7.83. The molecule has 0 aliphatic carbocycles. The second-order valence-electron chi connectivity index (χ2n) is 5.64. The molecule has 0 spiro atoms. The van der Waals surface area contributed by atoms with Crippen LogP contribution in [0.15, 0.2) is 84.0 Å². The van der Waals surface area contributed by atoms with Gasteiger partial charge in [-0.25, -0.2) is 4.79 Å². The Kier molecular flexibility index (Phi) is 3.71. The van der Waals surface area contributed by atoms with Crippen LogP contribution in [0.3, 0.4) is 0 Å². The van der Waals surface area contributed by atoms with Crippen molar-refractivity contribution in [1.29, 1.82) is 0 Å². The average Bonchev–Trinajstić information content (AvgIpc) is 2.67. The number of benzene rings is 4. The maximum atomic E-state index is 12.7. The van der Waals surface area contributed by atoms with Gasteiger partial charge in [-0.15, -0.1) is 4.91 Å². The van der Waals surface area contributed by atoms with Crippen molar-refractivity contribution in [1.82, 2.24) is 0 Å². The van der Waals surface area contributed by atoms with Gasteiger partial charge in [0.2, 0.25) is 0 Å². The minimum Gasteiger partial charge on any atom is -0.422 e.